The van der Waals surface area contributed by atoms with Crippen LogP contribution in [0.25, 0.3) is 0 Å². The second-order valence-electron chi connectivity index (χ2n) is 4.23. The Kier molecular flexibility index (Phi) is 4.12. The first-order valence-electron chi connectivity index (χ1n) is 5.18. The highest BCUT2D eigenvalue weighted by molar-refractivity contribution is 5.43. The maximum absolute atomic E-state index is 8.33. The number of hydrogen-bond donors (Lipinski definition) is 1. The van der Waals surface area contributed by atoms with Gasteiger partial charge in [-0.2, -0.15) is 0 Å². The quantitative estimate of drug-likeness (QED) is 0.608. The summed E-state index contributed by atoms with van der Waals surface area (Å²) in [6.07, 6.45) is 0. The van der Waals surface area contributed by atoms with Crippen LogP contribution < -0.4 is 4.89 Å². The van der Waals surface area contributed by atoms with Crippen molar-refractivity contribution in [3.05, 3.63) is 29.3 Å². The minimum Gasteiger partial charge on any atom is -0.308 e. The highest BCUT2D eigenvalue weighted by Crippen LogP contribution is 2.33. The molecule has 0 aliphatic heterocycles. The first-order valence-corrected chi connectivity index (χ1v) is 5.18. The van der Waals surface area contributed by atoms with Crippen LogP contribution in [-0.4, -0.2) is 5.26 Å². The van der Waals surface area contributed by atoms with Gasteiger partial charge in [-0.15, -0.1) is 0 Å². The lowest BCUT2D eigenvalue weighted by molar-refractivity contribution is -0.439. The molecule has 0 radical (unpaired) electrons. The number of hydrogen-bond acceptors (Lipinski definition) is 3. The van der Waals surface area contributed by atoms with E-state index in [2.05, 4.69) is 38.8 Å². The molecule has 15 heavy (non-hydrogen) atoms. The van der Waals surface area contributed by atoms with Gasteiger partial charge >= 0.3 is 0 Å². The molecule has 1 aromatic carbocycles. The van der Waals surface area contributed by atoms with Crippen molar-refractivity contribution in [2.45, 2.75) is 39.5 Å². The van der Waals surface area contributed by atoms with Crippen LogP contribution in [0.15, 0.2) is 18.2 Å². The van der Waals surface area contributed by atoms with E-state index < -0.39 is 0 Å². The van der Waals surface area contributed by atoms with Gasteiger partial charge in [0.2, 0.25) is 0 Å². The lowest BCUT2D eigenvalue weighted by Crippen LogP contribution is -2.03. The molecule has 1 aromatic rings. The third kappa shape index (κ3) is 2.70. The minimum atomic E-state index is 0.328. The summed E-state index contributed by atoms with van der Waals surface area (Å²) in [7, 11) is 0. The van der Waals surface area contributed by atoms with Crippen LogP contribution in [0.4, 0.5) is 0 Å². The van der Waals surface area contributed by atoms with E-state index in [0.29, 0.717) is 17.6 Å². The third-order valence-electron chi connectivity index (χ3n) is 2.43. The topological polar surface area (TPSA) is 38.7 Å². The van der Waals surface area contributed by atoms with Gasteiger partial charge in [0.1, 0.15) is 0 Å². The van der Waals surface area contributed by atoms with Crippen LogP contribution in [0, 0.1) is 0 Å². The molecule has 0 amide bonds. The monoisotopic (exact) mass is 210 g/mol. The van der Waals surface area contributed by atoms with E-state index in [1.165, 1.54) is 5.56 Å². The normalized spacial score (nSPS) is 11.1. The lowest BCUT2D eigenvalue weighted by atomic mass is 9.90. The van der Waals surface area contributed by atoms with Gasteiger partial charge in [0.25, 0.3) is 0 Å². The van der Waals surface area contributed by atoms with Crippen LogP contribution in [0.2, 0.25) is 0 Å². The Hall–Kier alpha value is -1.06. The Bertz CT molecular complexity index is 319. The average molecular weight is 210 g/mol. The molecule has 0 saturated carbocycles. The van der Waals surface area contributed by atoms with E-state index in [0.717, 1.165) is 5.56 Å². The Labute approximate surface area is 90.5 Å². The van der Waals surface area contributed by atoms with E-state index in [1.807, 2.05) is 6.07 Å². The van der Waals surface area contributed by atoms with Gasteiger partial charge in [0.15, 0.2) is 5.75 Å². The van der Waals surface area contributed by atoms with Crippen LogP contribution in [0.3, 0.4) is 0 Å². The fourth-order valence-corrected chi connectivity index (χ4v) is 1.80. The summed E-state index contributed by atoms with van der Waals surface area (Å²) in [5.74, 6) is 1.33. The standard InChI is InChI=1S/C12H18O3/c1-8(2)10-6-5-7-11(14-15-13)12(10)9(3)4/h5-9,13H,1-4H3. The summed E-state index contributed by atoms with van der Waals surface area (Å²) in [5.41, 5.74) is 2.31. The summed E-state index contributed by atoms with van der Waals surface area (Å²) in [6, 6.07) is 5.76. The van der Waals surface area contributed by atoms with E-state index >= 15 is 0 Å². The molecule has 0 heterocycles. The van der Waals surface area contributed by atoms with E-state index in [1.54, 1.807) is 6.07 Å². The van der Waals surface area contributed by atoms with Gasteiger partial charge in [-0.25, -0.2) is 5.26 Å². The molecule has 84 valence electrons. The molecule has 0 aromatic heterocycles. The molecule has 1 N–H and O–H groups in total. The molecular weight excluding hydrogens is 192 g/mol. The van der Waals surface area contributed by atoms with Crippen molar-refractivity contribution >= 4 is 0 Å². The fourth-order valence-electron chi connectivity index (χ4n) is 1.80. The molecule has 0 aliphatic rings. The number of benzene rings is 1. The Morgan fingerprint density at radius 2 is 1.73 bits per heavy atom. The zero-order valence-corrected chi connectivity index (χ0v) is 9.65. The van der Waals surface area contributed by atoms with Gasteiger partial charge in [-0.3, -0.25) is 0 Å². The average Bonchev–Trinajstić information content (AvgIpc) is 2.17. The zero-order chi connectivity index (χ0) is 11.4. The SMILES string of the molecule is CC(C)c1cccc(OOO)c1C(C)C. The molecule has 3 heteroatoms. The maximum atomic E-state index is 8.33. The molecule has 3 nitrogen and oxygen atoms in total. The van der Waals surface area contributed by atoms with Gasteiger partial charge in [0.05, 0.1) is 0 Å². The summed E-state index contributed by atoms with van der Waals surface area (Å²) >= 11 is 0. The van der Waals surface area contributed by atoms with E-state index in [4.69, 9.17) is 10.1 Å². The predicted octanol–water partition coefficient (Wildman–Crippen LogP) is 3.72. The van der Waals surface area contributed by atoms with Gasteiger partial charge < -0.3 is 4.89 Å². The molecule has 0 spiro atoms. The van der Waals surface area contributed by atoms with Crippen LogP contribution >= 0.6 is 0 Å². The van der Waals surface area contributed by atoms with Crippen molar-refractivity contribution in [2.75, 3.05) is 0 Å². The summed E-state index contributed by atoms with van der Waals surface area (Å²) in [4.78, 5) is 4.74. The van der Waals surface area contributed by atoms with Crippen molar-refractivity contribution in [1.29, 1.82) is 0 Å². The fraction of sp³-hybridized carbons (Fsp3) is 0.500. The molecule has 0 saturated heterocycles. The predicted molar refractivity (Wildman–Crippen MR) is 59.0 cm³/mol. The second-order valence-corrected chi connectivity index (χ2v) is 4.23. The highest BCUT2D eigenvalue weighted by atomic mass is 17.5. The maximum Gasteiger partial charge on any atom is 0.172 e. The molecule has 0 fully saturated rings. The molecule has 0 unspecified atom stereocenters. The van der Waals surface area contributed by atoms with E-state index in [-0.39, 0.29) is 0 Å². The second kappa shape index (κ2) is 5.14. The molecule has 0 atom stereocenters. The molecule has 0 bridgehead atoms. The van der Waals surface area contributed by atoms with Gasteiger partial charge in [-0.05, 0) is 28.5 Å². The van der Waals surface area contributed by atoms with Crippen LogP contribution in [0.5, 0.6) is 5.75 Å². The van der Waals surface area contributed by atoms with Gasteiger partial charge in [-0.1, -0.05) is 39.8 Å². The number of rotatable bonds is 4. The molecular formula is C12H18O3. The van der Waals surface area contributed by atoms with Crippen LogP contribution in [0.1, 0.15) is 50.7 Å². The van der Waals surface area contributed by atoms with Crippen molar-refractivity contribution in [3.8, 4) is 5.75 Å². The smallest absolute Gasteiger partial charge is 0.172 e. The molecule has 0 aliphatic carbocycles. The van der Waals surface area contributed by atoms with Crippen molar-refractivity contribution in [3.63, 3.8) is 0 Å². The highest BCUT2D eigenvalue weighted by Gasteiger charge is 2.15. The summed E-state index contributed by atoms with van der Waals surface area (Å²) < 4.78 is 0. The lowest BCUT2D eigenvalue weighted by Gasteiger charge is -2.18. The Morgan fingerprint density at radius 3 is 2.20 bits per heavy atom. The van der Waals surface area contributed by atoms with Crippen molar-refractivity contribution in [1.82, 2.24) is 0 Å². The van der Waals surface area contributed by atoms with Crippen LogP contribution in [-0.2, 0) is 5.04 Å². The third-order valence-corrected chi connectivity index (χ3v) is 2.43. The summed E-state index contributed by atoms with van der Waals surface area (Å²) in [5, 5.41) is 12.1. The van der Waals surface area contributed by atoms with E-state index in [9.17, 15) is 0 Å². The summed E-state index contributed by atoms with van der Waals surface area (Å²) in [6.45, 7) is 8.44. The Morgan fingerprint density at radius 1 is 1.07 bits per heavy atom. The largest absolute Gasteiger partial charge is 0.308 e. The van der Waals surface area contributed by atoms with Crippen molar-refractivity contribution < 1.29 is 15.2 Å². The van der Waals surface area contributed by atoms with Crippen molar-refractivity contribution in [2.24, 2.45) is 0 Å². The molecule has 1 rings (SSSR count). The zero-order valence-electron chi connectivity index (χ0n) is 9.65. The first-order chi connectivity index (χ1) is 7.07. The first kappa shape index (κ1) is 12.0. The Balaban J connectivity index is 3.22. The van der Waals surface area contributed by atoms with Gasteiger partial charge in [0, 0.05) is 5.56 Å². The minimum absolute atomic E-state index is 0.328.